The van der Waals surface area contributed by atoms with E-state index in [1.807, 2.05) is 6.92 Å². The van der Waals surface area contributed by atoms with Crippen molar-refractivity contribution in [2.24, 2.45) is 11.5 Å². The molecule has 1 saturated heterocycles. The molecular formula is C10H22N2O4. The minimum absolute atomic E-state index is 0.124. The molecule has 6 N–H and O–H groups in total. The highest BCUT2D eigenvalue weighted by molar-refractivity contribution is 4.91. The first-order valence-electron chi connectivity index (χ1n) is 5.70. The molecule has 16 heavy (non-hydrogen) atoms. The van der Waals surface area contributed by atoms with Gasteiger partial charge in [0, 0.05) is 13.2 Å². The van der Waals surface area contributed by atoms with E-state index in [0.29, 0.717) is 6.61 Å². The highest BCUT2D eigenvalue weighted by Gasteiger charge is 2.42. The van der Waals surface area contributed by atoms with Crippen LogP contribution in [-0.2, 0) is 9.47 Å². The lowest BCUT2D eigenvalue weighted by Gasteiger charge is -2.40. The van der Waals surface area contributed by atoms with Crippen molar-refractivity contribution < 1.29 is 19.7 Å². The largest absolute Gasteiger partial charge is 0.388 e. The average molecular weight is 234 g/mol. The van der Waals surface area contributed by atoms with Crippen LogP contribution in [0.2, 0.25) is 0 Å². The van der Waals surface area contributed by atoms with E-state index in [0.717, 1.165) is 12.8 Å². The average Bonchev–Trinajstić information content (AvgIpc) is 2.29. The topological polar surface area (TPSA) is 111 Å². The lowest BCUT2D eigenvalue weighted by molar-refractivity contribution is -0.257. The molecule has 6 heteroatoms. The summed E-state index contributed by atoms with van der Waals surface area (Å²) >= 11 is 0. The van der Waals surface area contributed by atoms with Crippen LogP contribution < -0.4 is 11.5 Å². The summed E-state index contributed by atoms with van der Waals surface area (Å²) in [6, 6.07) is -0.741. The molecule has 5 atom stereocenters. The predicted molar refractivity (Wildman–Crippen MR) is 58.6 cm³/mol. The highest BCUT2D eigenvalue weighted by atomic mass is 16.7. The summed E-state index contributed by atoms with van der Waals surface area (Å²) in [6.07, 6.45) is -1.52. The normalized spacial score (nSPS) is 39.9. The van der Waals surface area contributed by atoms with Crippen molar-refractivity contribution >= 4 is 0 Å². The molecule has 0 bridgehead atoms. The van der Waals surface area contributed by atoms with E-state index in [2.05, 4.69) is 0 Å². The van der Waals surface area contributed by atoms with E-state index in [1.54, 1.807) is 0 Å². The molecule has 0 aromatic heterocycles. The van der Waals surface area contributed by atoms with Gasteiger partial charge in [-0.05, 0) is 6.42 Å². The first-order chi connectivity index (χ1) is 7.61. The maximum atomic E-state index is 9.68. The Morgan fingerprint density at radius 3 is 2.56 bits per heavy atom. The molecule has 1 aliphatic heterocycles. The molecule has 1 heterocycles. The molecule has 0 radical (unpaired) electrons. The third-order valence-electron chi connectivity index (χ3n) is 2.76. The summed E-state index contributed by atoms with van der Waals surface area (Å²) in [5.74, 6) is 0. The fourth-order valence-corrected chi connectivity index (χ4v) is 1.64. The Morgan fingerprint density at radius 1 is 1.31 bits per heavy atom. The summed E-state index contributed by atoms with van der Waals surface area (Å²) < 4.78 is 10.8. The first kappa shape index (κ1) is 13.8. The van der Waals surface area contributed by atoms with Crippen LogP contribution in [0, 0.1) is 0 Å². The number of hydrogen-bond acceptors (Lipinski definition) is 6. The van der Waals surface area contributed by atoms with E-state index in [1.165, 1.54) is 0 Å². The van der Waals surface area contributed by atoms with Crippen LogP contribution in [0.4, 0.5) is 0 Å². The standard InChI is InChI=1S/C10H22N2O4/c1-2-3-4-15-10-7(12)9(14)8(13)6(5-11)16-10/h6-10,13-14H,2-5,11-12H2,1H3/t6-,7+,8-,9-,10+/m1/s1. The molecule has 1 aliphatic rings. The minimum atomic E-state index is -1.06. The number of hydrogen-bond donors (Lipinski definition) is 4. The molecule has 6 nitrogen and oxygen atoms in total. The quantitative estimate of drug-likeness (QED) is 0.432. The molecule has 0 spiro atoms. The zero-order valence-corrected chi connectivity index (χ0v) is 9.58. The third kappa shape index (κ3) is 3.13. The Bertz CT molecular complexity index is 203. The van der Waals surface area contributed by atoms with Gasteiger partial charge in [0.1, 0.15) is 18.3 Å². The van der Waals surface area contributed by atoms with Crippen molar-refractivity contribution in [2.75, 3.05) is 13.2 Å². The van der Waals surface area contributed by atoms with Gasteiger partial charge in [-0.15, -0.1) is 0 Å². The summed E-state index contributed by atoms with van der Waals surface area (Å²) in [4.78, 5) is 0. The number of aliphatic hydroxyl groups excluding tert-OH is 2. The number of aliphatic hydroxyl groups is 2. The molecule has 0 aliphatic carbocycles. The lowest BCUT2D eigenvalue weighted by atomic mass is 9.97. The van der Waals surface area contributed by atoms with Crippen LogP contribution in [0.3, 0.4) is 0 Å². The van der Waals surface area contributed by atoms with Gasteiger partial charge in [-0.1, -0.05) is 13.3 Å². The Hall–Kier alpha value is -0.240. The van der Waals surface area contributed by atoms with E-state index < -0.39 is 30.6 Å². The smallest absolute Gasteiger partial charge is 0.175 e. The van der Waals surface area contributed by atoms with Crippen molar-refractivity contribution in [3.8, 4) is 0 Å². The van der Waals surface area contributed by atoms with E-state index >= 15 is 0 Å². The number of unbranched alkanes of at least 4 members (excludes halogenated alkanes) is 1. The maximum absolute atomic E-state index is 9.68. The van der Waals surface area contributed by atoms with Gasteiger partial charge in [-0.2, -0.15) is 0 Å². The minimum Gasteiger partial charge on any atom is -0.388 e. The molecule has 1 rings (SSSR count). The molecule has 0 unspecified atom stereocenters. The second-order valence-corrected chi connectivity index (χ2v) is 4.06. The van der Waals surface area contributed by atoms with Crippen molar-refractivity contribution in [2.45, 2.75) is 50.4 Å². The van der Waals surface area contributed by atoms with Gasteiger partial charge < -0.3 is 31.2 Å². The van der Waals surface area contributed by atoms with E-state index in [4.69, 9.17) is 20.9 Å². The molecule has 96 valence electrons. The lowest BCUT2D eigenvalue weighted by Crippen LogP contribution is -2.63. The molecule has 0 aromatic carbocycles. The summed E-state index contributed by atoms with van der Waals surface area (Å²) in [7, 11) is 0. The van der Waals surface area contributed by atoms with Crippen molar-refractivity contribution in [3.05, 3.63) is 0 Å². The van der Waals surface area contributed by atoms with Crippen LogP contribution in [0.15, 0.2) is 0 Å². The third-order valence-corrected chi connectivity index (χ3v) is 2.76. The van der Waals surface area contributed by atoms with Crippen LogP contribution in [0.1, 0.15) is 19.8 Å². The van der Waals surface area contributed by atoms with Crippen LogP contribution in [-0.4, -0.2) is 54.0 Å². The summed E-state index contributed by atoms with van der Waals surface area (Å²) in [5.41, 5.74) is 11.1. The molecule has 1 fully saturated rings. The zero-order chi connectivity index (χ0) is 12.1. The second kappa shape index (κ2) is 6.48. The van der Waals surface area contributed by atoms with Crippen LogP contribution in [0.25, 0.3) is 0 Å². The van der Waals surface area contributed by atoms with E-state index in [-0.39, 0.29) is 6.54 Å². The van der Waals surface area contributed by atoms with Crippen molar-refractivity contribution in [3.63, 3.8) is 0 Å². The molecule has 0 aromatic rings. The van der Waals surface area contributed by atoms with Gasteiger partial charge in [-0.3, -0.25) is 0 Å². The monoisotopic (exact) mass is 234 g/mol. The number of nitrogens with two attached hydrogens (primary N) is 2. The fraction of sp³-hybridized carbons (Fsp3) is 1.00. The second-order valence-electron chi connectivity index (χ2n) is 4.06. The van der Waals surface area contributed by atoms with Gasteiger partial charge >= 0.3 is 0 Å². The zero-order valence-electron chi connectivity index (χ0n) is 9.58. The fourth-order valence-electron chi connectivity index (χ4n) is 1.64. The Kier molecular flexibility index (Phi) is 5.60. The van der Waals surface area contributed by atoms with Crippen LogP contribution in [0.5, 0.6) is 0 Å². The van der Waals surface area contributed by atoms with Gasteiger partial charge in [0.05, 0.1) is 6.04 Å². The van der Waals surface area contributed by atoms with Gasteiger partial charge in [-0.25, -0.2) is 0 Å². The van der Waals surface area contributed by atoms with Gasteiger partial charge in [0.15, 0.2) is 6.29 Å². The molecular weight excluding hydrogens is 212 g/mol. The Balaban J connectivity index is 2.50. The van der Waals surface area contributed by atoms with E-state index in [9.17, 15) is 10.2 Å². The van der Waals surface area contributed by atoms with Crippen molar-refractivity contribution in [1.82, 2.24) is 0 Å². The molecule has 0 saturated carbocycles. The van der Waals surface area contributed by atoms with Gasteiger partial charge in [0.2, 0.25) is 0 Å². The number of ether oxygens (including phenoxy) is 2. The SMILES string of the molecule is CCCCO[C@H]1O[C@H](CN)[C@@H](O)[C@H](O)[C@@H]1N. The highest BCUT2D eigenvalue weighted by Crippen LogP contribution is 2.20. The number of rotatable bonds is 5. The Morgan fingerprint density at radius 2 is 2.00 bits per heavy atom. The Labute approximate surface area is 95.5 Å². The van der Waals surface area contributed by atoms with Crippen LogP contribution >= 0.6 is 0 Å². The summed E-state index contributed by atoms with van der Waals surface area (Å²) in [5, 5.41) is 19.3. The predicted octanol–water partition coefficient (Wildman–Crippen LogP) is -1.46. The van der Waals surface area contributed by atoms with Gasteiger partial charge in [0.25, 0.3) is 0 Å². The summed E-state index contributed by atoms with van der Waals surface area (Å²) in [6.45, 7) is 2.69. The first-order valence-corrected chi connectivity index (χ1v) is 5.70. The van der Waals surface area contributed by atoms with Crippen molar-refractivity contribution in [1.29, 1.82) is 0 Å². The maximum Gasteiger partial charge on any atom is 0.175 e. The molecule has 0 amide bonds.